The number of carboxylic acids is 1. The van der Waals surface area contributed by atoms with Crippen molar-refractivity contribution in [1.29, 1.82) is 0 Å². The van der Waals surface area contributed by atoms with Crippen LogP contribution < -0.4 is 15.3 Å². The zero-order chi connectivity index (χ0) is 30.2. The minimum absolute atomic E-state index is 0.140. The summed E-state index contributed by atoms with van der Waals surface area (Å²) in [4.78, 5) is 36.9. The van der Waals surface area contributed by atoms with E-state index >= 15 is 0 Å². The maximum Gasteiger partial charge on any atom is 0.337 e. The molecule has 1 saturated heterocycles. The summed E-state index contributed by atoms with van der Waals surface area (Å²) in [5.74, 6) is -1.88. The Hall–Kier alpha value is -4.33. The van der Waals surface area contributed by atoms with Crippen molar-refractivity contribution < 1.29 is 19.5 Å². The predicted molar refractivity (Wildman–Crippen MR) is 169 cm³/mol. The van der Waals surface area contributed by atoms with Crippen molar-refractivity contribution in [3.63, 3.8) is 0 Å². The molecule has 0 saturated carbocycles. The SMILES string of the molecule is CCCCC1C(=O)N(c2ccccc2)N(c2ccccc2)C1=O.Cc1ccc(Cl)c(Nc2ccccc2C(=O)O)c1Cl. The Labute approximate surface area is 255 Å². The largest absolute Gasteiger partial charge is 0.478 e. The van der Waals surface area contributed by atoms with Gasteiger partial charge in [-0.2, -0.15) is 0 Å². The Morgan fingerprint density at radius 2 is 1.33 bits per heavy atom. The molecular formula is C33H31Cl2N3O4. The highest BCUT2D eigenvalue weighted by Gasteiger charge is 2.46. The fraction of sp³-hybridized carbons (Fsp3) is 0.182. The van der Waals surface area contributed by atoms with E-state index in [1.165, 1.54) is 16.1 Å². The Morgan fingerprint density at radius 1 is 0.810 bits per heavy atom. The average Bonchev–Trinajstić information content (AvgIpc) is 3.26. The summed E-state index contributed by atoms with van der Waals surface area (Å²) in [6.07, 6.45) is 2.43. The lowest BCUT2D eigenvalue weighted by atomic mass is 10.0. The average molecular weight is 605 g/mol. The van der Waals surface area contributed by atoms with Gasteiger partial charge in [0.2, 0.25) is 0 Å². The number of benzene rings is 4. The molecule has 0 bridgehead atoms. The summed E-state index contributed by atoms with van der Waals surface area (Å²) in [5.41, 5.74) is 3.42. The van der Waals surface area contributed by atoms with E-state index < -0.39 is 11.9 Å². The van der Waals surface area contributed by atoms with E-state index in [9.17, 15) is 14.4 Å². The third-order valence-electron chi connectivity index (χ3n) is 6.76. The number of hydrazine groups is 1. The van der Waals surface area contributed by atoms with Gasteiger partial charge in [0, 0.05) is 0 Å². The Balaban J connectivity index is 0.000000197. The summed E-state index contributed by atoms with van der Waals surface area (Å²) < 4.78 is 0. The first-order valence-corrected chi connectivity index (χ1v) is 14.3. The van der Waals surface area contributed by atoms with Crippen molar-refractivity contribution >= 4 is 63.7 Å². The van der Waals surface area contributed by atoms with Gasteiger partial charge in [-0.1, -0.05) is 97.6 Å². The number of hydrogen-bond donors (Lipinski definition) is 2. The standard InChI is InChI=1S/C19H20N2O2.C14H11Cl2NO2/c1-2-3-14-17-18(22)20(15-10-6-4-7-11-15)21(19(17)23)16-12-8-5-9-13-16;1-8-6-7-10(15)13(12(8)16)17-11-5-3-2-4-9(11)14(18)19/h4-13,17H,2-3,14H2,1H3;2-7,17H,1H3,(H,18,19). The van der Waals surface area contributed by atoms with Crippen LogP contribution in [0.1, 0.15) is 42.1 Å². The van der Waals surface area contributed by atoms with Crippen molar-refractivity contribution in [2.75, 3.05) is 15.3 Å². The van der Waals surface area contributed by atoms with Gasteiger partial charge in [0.25, 0.3) is 11.8 Å². The second-order valence-electron chi connectivity index (χ2n) is 9.69. The molecule has 4 aromatic carbocycles. The molecule has 1 heterocycles. The summed E-state index contributed by atoms with van der Waals surface area (Å²) >= 11 is 12.3. The van der Waals surface area contributed by atoms with E-state index in [1.54, 1.807) is 30.3 Å². The van der Waals surface area contributed by atoms with Gasteiger partial charge < -0.3 is 10.4 Å². The maximum atomic E-state index is 12.9. The number of halogens is 2. The van der Waals surface area contributed by atoms with Gasteiger partial charge in [0.05, 0.1) is 38.4 Å². The van der Waals surface area contributed by atoms with Crippen molar-refractivity contribution in [2.24, 2.45) is 5.92 Å². The molecular weight excluding hydrogens is 573 g/mol. The van der Waals surface area contributed by atoms with Crippen molar-refractivity contribution in [3.05, 3.63) is 118 Å². The van der Waals surface area contributed by atoms with Gasteiger partial charge in [0.1, 0.15) is 5.92 Å². The fourth-order valence-corrected chi connectivity index (χ4v) is 5.03. The lowest BCUT2D eigenvalue weighted by Gasteiger charge is -2.27. The fourth-order valence-electron chi connectivity index (χ4n) is 4.56. The van der Waals surface area contributed by atoms with Gasteiger partial charge in [-0.3, -0.25) is 9.59 Å². The number of nitrogens with one attached hydrogen (secondary N) is 1. The van der Waals surface area contributed by atoms with E-state index in [1.807, 2.05) is 67.6 Å². The molecule has 0 aromatic heterocycles. The van der Waals surface area contributed by atoms with Gasteiger partial charge in [0.15, 0.2) is 0 Å². The molecule has 1 fully saturated rings. The molecule has 5 rings (SSSR count). The molecule has 216 valence electrons. The third kappa shape index (κ3) is 6.75. The number of amides is 2. The topological polar surface area (TPSA) is 90.0 Å². The quantitative estimate of drug-likeness (QED) is 0.197. The van der Waals surface area contributed by atoms with E-state index in [0.29, 0.717) is 39.2 Å². The van der Waals surface area contributed by atoms with Crippen LogP contribution in [0.2, 0.25) is 10.0 Å². The number of carbonyl (C=O) groups is 3. The molecule has 42 heavy (non-hydrogen) atoms. The molecule has 2 N–H and O–H groups in total. The first-order valence-electron chi connectivity index (χ1n) is 13.6. The van der Waals surface area contributed by atoms with Crippen LogP contribution in [-0.4, -0.2) is 22.9 Å². The Kier molecular flexibility index (Phi) is 10.2. The minimum Gasteiger partial charge on any atom is -0.478 e. The Morgan fingerprint density at radius 3 is 1.86 bits per heavy atom. The summed E-state index contributed by atoms with van der Waals surface area (Å²) in [6, 6.07) is 28.8. The van der Waals surface area contributed by atoms with Crippen molar-refractivity contribution in [2.45, 2.75) is 33.1 Å². The lowest BCUT2D eigenvalue weighted by molar-refractivity contribution is -0.127. The smallest absolute Gasteiger partial charge is 0.337 e. The third-order valence-corrected chi connectivity index (χ3v) is 7.56. The van der Waals surface area contributed by atoms with E-state index in [-0.39, 0.29) is 17.4 Å². The normalized spacial score (nSPS) is 13.1. The zero-order valence-electron chi connectivity index (χ0n) is 23.3. The molecule has 2 amide bonds. The number of rotatable bonds is 8. The van der Waals surface area contributed by atoms with Gasteiger partial charge in [-0.05, 0) is 61.4 Å². The zero-order valence-corrected chi connectivity index (χ0v) is 24.8. The second-order valence-corrected chi connectivity index (χ2v) is 10.5. The van der Waals surface area contributed by atoms with E-state index in [0.717, 1.165) is 18.4 Å². The molecule has 7 nitrogen and oxygen atoms in total. The molecule has 1 aliphatic heterocycles. The van der Waals surface area contributed by atoms with Crippen LogP contribution >= 0.6 is 23.2 Å². The second kappa shape index (κ2) is 14.0. The predicted octanol–water partition coefficient (Wildman–Crippen LogP) is 8.53. The van der Waals surface area contributed by atoms with Crippen LogP contribution in [0.5, 0.6) is 0 Å². The first kappa shape index (κ1) is 30.6. The highest BCUT2D eigenvalue weighted by Crippen LogP contribution is 2.36. The molecule has 9 heteroatoms. The molecule has 1 aliphatic rings. The number of aromatic carboxylic acids is 1. The highest BCUT2D eigenvalue weighted by atomic mass is 35.5. The molecule has 0 aliphatic carbocycles. The van der Waals surface area contributed by atoms with Gasteiger partial charge in [-0.25, -0.2) is 14.8 Å². The van der Waals surface area contributed by atoms with Gasteiger partial charge in [-0.15, -0.1) is 0 Å². The number of unbranched alkanes of at least 4 members (excludes halogenated alkanes) is 1. The van der Waals surface area contributed by atoms with E-state index in [4.69, 9.17) is 28.3 Å². The van der Waals surface area contributed by atoms with Crippen molar-refractivity contribution in [1.82, 2.24) is 0 Å². The molecule has 0 unspecified atom stereocenters. The van der Waals surface area contributed by atoms with Crippen LogP contribution in [0.25, 0.3) is 0 Å². The van der Waals surface area contributed by atoms with E-state index in [2.05, 4.69) is 12.2 Å². The molecule has 0 atom stereocenters. The monoisotopic (exact) mass is 603 g/mol. The molecule has 0 spiro atoms. The van der Waals surface area contributed by atoms with Crippen LogP contribution in [0, 0.1) is 12.8 Å². The highest BCUT2D eigenvalue weighted by molar-refractivity contribution is 6.39. The minimum atomic E-state index is -1.01. The number of para-hydroxylation sites is 3. The number of aryl methyl sites for hydroxylation is 1. The summed E-state index contributed by atoms with van der Waals surface area (Å²) in [6.45, 7) is 3.92. The van der Waals surface area contributed by atoms with Crippen molar-refractivity contribution in [3.8, 4) is 0 Å². The lowest BCUT2D eigenvalue weighted by Crippen LogP contribution is -2.41. The Bertz CT molecular complexity index is 1510. The summed E-state index contributed by atoms with van der Waals surface area (Å²) in [5, 5.41) is 16.1. The number of anilines is 4. The van der Waals surface area contributed by atoms with Crippen LogP contribution in [0.15, 0.2) is 97.1 Å². The van der Waals surface area contributed by atoms with Crippen LogP contribution in [0.3, 0.4) is 0 Å². The maximum absolute atomic E-state index is 12.9. The number of carboxylic acid groups (broad SMARTS) is 1. The van der Waals surface area contributed by atoms with Crippen LogP contribution in [-0.2, 0) is 9.59 Å². The van der Waals surface area contributed by atoms with Crippen LogP contribution in [0.4, 0.5) is 22.7 Å². The summed E-state index contributed by atoms with van der Waals surface area (Å²) in [7, 11) is 0. The number of nitrogens with zero attached hydrogens (tertiary/aromatic N) is 2. The number of hydrogen-bond acceptors (Lipinski definition) is 4. The first-order chi connectivity index (χ1) is 20.2. The molecule has 0 radical (unpaired) electrons. The molecule has 4 aromatic rings. The van der Waals surface area contributed by atoms with Gasteiger partial charge >= 0.3 is 5.97 Å². The number of carbonyl (C=O) groups excluding carboxylic acids is 2.